The Morgan fingerprint density at radius 3 is 2.75 bits per heavy atom. The van der Waals surface area contributed by atoms with Crippen LogP contribution >= 0.6 is 23.4 Å². The molecule has 0 spiro atoms. The van der Waals surface area contributed by atoms with Gasteiger partial charge in [0.05, 0.1) is 12.3 Å². The Bertz CT molecular complexity index is 710. The Labute approximate surface area is 150 Å². The van der Waals surface area contributed by atoms with Gasteiger partial charge in [0.15, 0.2) is 11.5 Å². The Hall–Kier alpha value is -1.85. The number of hydrogen-bond acceptors (Lipinski definition) is 4. The molecule has 24 heavy (non-hydrogen) atoms. The zero-order chi connectivity index (χ0) is 16.8. The van der Waals surface area contributed by atoms with Crippen LogP contribution in [0.3, 0.4) is 0 Å². The Morgan fingerprint density at radius 2 is 1.92 bits per heavy atom. The van der Waals surface area contributed by atoms with Crippen LogP contribution in [0.4, 0.5) is 0 Å². The molecule has 2 aromatic carbocycles. The number of carbonyl (C=O) groups excluding carboxylic acids is 1. The maximum absolute atomic E-state index is 11.9. The van der Waals surface area contributed by atoms with Crippen LogP contribution in [0, 0.1) is 0 Å². The number of ether oxygens (including phenoxy) is 2. The number of nitrogens with one attached hydrogen (secondary N) is 1. The lowest BCUT2D eigenvalue weighted by Crippen LogP contribution is -2.41. The molecule has 0 aliphatic carbocycles. The summed E-state index contributed by atoms with van der Waals surface area (Å²) in [6.07, 6.45) is -0.169. The molecule has 0 fully saturated rings. The van der Waals surface area contributed by atoms with Crippen molar-refractivity contribution >= 4 is 29.3 Å². The molecule has 1 aliphatic heterocycles. The van der Waals surface area contributed by atoms with Gasteiger partial charge in [0.2, 0.25) is 5.91 Å². The molecule has 0 radical (unpaired) electrons. The first kappa shape index (κ1) is 17.0. The van der Waals surface area contributed by atoms with E-state index in [9.17, 15) is 4.79 Å². The molecule has 4 nitrogen and oxygen atoms in total. The second kappa shape index (κ2) is 8.31. The van der Waals surface area contributed by atoms with Gasteiger partial charge < -0.3 is 14.8 Å². The lowest BCUT2D eigenvalue weighted by atomic mass is 10.2. The highest BCUT2D eigenvalue weighted by atomic mass is 35.5. The van der Waals surface area contributed by atoms with E-state index in [-0.39, 0.29) is 12.0 Å². The van der Waals surface area contributed by atoms with E-state index >= 15 is 0 Å². The Kier molecular flexibility index (Phi) is 5.88. The smallest absolute Gasteiger partial charge is 0.230 e. The van der Waals surface area contributed by atoms with Crippen LogP contribution in [0.1, 0.15) is 5.56 Å². The van der Waals surface area contributed by atoms with E-state index < -0.39 is 0 Å². The normalized spacial score (nSPS) is 15.8. The third kappa shape index (κ3) is 4.58. The first-order chi connectivity index (χ1) is 11.7. The van der Waals surface area contributed by atoms with Gasteiger partial charge in [-0.3, -0.25) is 4.79 Å². The zero-order valence-corrected chi connectivity index (χ0v) is 14.6. The minimum atomic E-state index is -0.169. The molecule has 0 saturated heterocycles. The molecule has 1 N–H and O–H groups in total. The molecule has 0 saturated carbocycles. The van der Waals surface area contributed by atoms with E-state index in [1.54, 1.807) is 0 Å². The monoisotopic (exact) mass is 363 g/mol. The second-order valence-electron chi connectivity index (χ2n) is 5.39. The van der Waals surface area contributed by atoms with Gasteiger partial charge in [0.1, 0.15) is 12.7 Å². The largest absolute Gasteiger partial charge is 0.486 e. The van der Waals surface area contributed by atoms with Crippen LogP contribution in [0.2, 0.25) is 5.02 Å². The highest BCUT2D eigenvalue weighted by Crippen LogP contribution is 2.30. The SMILES string of the molecule is O=C(CSCc1ccccc1Cl)NC[C@@H]1COc2ccccc2O1. The van der Waals surface area contributed by atoms with Crippen molar-refractivity contribution in [3.63, 3.8) is 0 Å². The summed E-state index contributed by atoms with van der Waals surface area (Å²) in [5.74, 6) is 2.54. The van der Waals surface area contributed by atoms with Crippen LogP contribution in [-0.4, -0.2) is 30.9 Å². The lowest BCUT2D eigenvalue weighted by Gasteiger charge is -2.26. The molecule has 1 aliphatic rings. The molecule has 3 rings (SSSR count). The summed E-state index contributed by atoms with van der Waals surface area (Å²) in [5.41, 5.74) is 1.04. The first-order valence-corrected chi connectivity index (χ1v) is 9.22. The van der Waals surface area contributed by atoms with Crippen LogP contribution in [-0.2, 0) is 10.5 Å². The highest BCUT2D eigenvalue weighted by Gasteiger charge is 2.20. The van der Waals surface area contributed by atoms with Crippen LogP contribution in [0.25, 0.3) is 0 Å². The van der Waals surface area contributed by atoms with Crippen LogP contribution in [0.5, 0.6) is 11.5 Å². The van der Waals surface area contributed by atoms with Crippen molar-refractivity contribution in [1.29, 1.82) is 0 Å². The number of thioether (sulfide) groups is 1. The van der Waals surface area contributed by atoms with Crippen molar-refractivity contribution in [1.82, 2.24) is 5.32 Å². The first-order valence-electron chi connectivity index (χ1n) is 7.68. The van der Waals surface area contributed by atoms with Crippen molar-refractivity contribution in [3.05, 3.63) is 59.1 Å². The van der Waals surface area contributed by atoms with E-state index in [1.165, 1.54) is 11.8 Å². The number of fused-ring (bicyclic) bond motifs is 1. The van der Waals surface area contributed by atoms with Gasteiger partial charge in [0, 0.05) is 10.8 Å². The zero-order valence-electron chi connectivity index (χ0n) is 13.0. The summed E-state index contributed by atoms with van der Waals surface area (Å²) in [6.45, 7) is 0.865. The average Bonchev–Trinajstić information content (AvgIpc) is 2.61. The number of benzene rings is 2. The quantitative estimate of drug-likeness (QED) is 0.853. The van der Waals surface area contributed by atoms with Gasteiger partial charge in [-0.05, 0) is 23.8 Å². The van der Waals surface area contributed by atoms with E-state index in [2.05, 4.69) is 5.32 Å². The fraction of sp³-hybridized carbons (Fsp3) is 0.278. The maximum Gasteiger partial charge on any atom is 0.230 e. The molecule has 0 bridgehead atoms. The molecule has 1 atom stereocenters. The van der Waals surface area contributed by atoms with E-state index in [0.29, 0.717) is 24.7 Å². The predicted molar refractivity (Wildman–Crippen MR) is 97.0 cm³/mol. The molecule has 0 unspecified atom stereocenters. The summed E-state index contributed by atoms with van der Waals surface area (Å²) in [5, 5.41) is 3.62. The van der Waals surface area contributed by atoms with Crippen LogP contribution in [0.15, 0.2) is 48.5 Å². The molecule has 0 aromatic heterocycles. The summed E-state index contributed by atoms with van der Waals surface area (Å²) in [7, 11) is 0. The summed E-state index contributed by atoms with van der Waals surface area (Å²) in [6, 6.07) is 15.2. The number of para-hydroxylation sites is 2. The van der Waals surface area contributed by atoms with Gasteiger partial charge in [-0.1, -0.05) is 41.9 Å². The molecule has 6 heteroatoms. The minimum absolute atomic E-state index is 0.0190. The van der Waals surface area contributed by atoms with Gasteiger partial charge >= 0.3 is 0 Å². The van der Waals surface area contributed by atoms with Gasteiger partial charge in [0.25, 0.3) is 0 Å². The van der Waals surface area contributed by atoms with Gasteiger partial charge in [-0.2, -0.15) is 0 Å². The average molecular weight is 364 g/mol. The fourth-order valence-electron chi connectivity index (χ4n) is 2.31. The lowest BCUT2D eigenvalue weighted by molar-refractivity contribution is -0.119. The Morgan fingerprint density at radius 1 is 1.17 bits per heavy atom. The molecule has 1 amide bonds. The van der Waals surface area contributed by atoms with Crippen LogP contribution < -0.4 is 14.8 Å². The van der Waals surface area contributed by atoms with E-state index in [0.717, 1.165) is 22.1 Å². The van der Waals surface area contributed by atoms with Crippen molar-refractivity contribution in [2.45, 2.75) is 11.9 Å². The molecule has 2 aromatic rings. The number of rotatable bonds is 6. The van der Waals surface area contributed by atoms with Crippen molar-refractivity contribution in [3.8, 4) is 11.5 Å². The number of hydrogen-bond donors (Lipinski definition) is 1. The van der Waals surface area contributed by atoms with Gasteiger partial charge in [-0.15, -0.1) is 11.8 Å². The van der Waals surface area contributed by atoms with Crippen molar-refractivity contribution in [2.75, 3.05) is 18.9 Å². The van der Waals surface area contributed by atoms with E-state index in [4.69, 9.17) is 21.1 Å². The fourth-order valence-corrected chi connectivity index (χ4v) is 3.45. The predicted octanol–water partition coefficient (Wildman–Crippen LogP) is 3.53. The number of halogens is 1. The topological polar surface area (TPSA) is 47.6 Å². The molecular formula is C18H18ClNO3S. The van der Waals surface area contributed by atoms with E-state index in [1.807, 2.05) is 48.5 Å². The van der Waals surface area contributed by atoms with Crippen molar-refractivity contribution < 1.29 is 14.3 Å². The highest BCUT2D eigenvalue weighted by molar-refractivity contribution is 7.99. The number of amides is 1. The third-order valence-electron chi connectivity index (χ3n) is 3.54. The second-order valence-corrected chi connectivity index (χ2v) is 6.78. The number of carbonyl (C=O) groups is 1. The summed E-state index contributed by atoms with van der Waals surface area (Å²) in [4.78, 5) is 11.9. The molecular weight excluding hydrogens is 346 g/mol. The molecule has 126 valence electrons. The minimum Gasteiger partial charge on any atom is -0.486 e. The summed E-state index contributed by atoms with van der Waals surface area (Å²) < 4.78 is 11.4. The Balaban J connectivity index is 1.38. The third-order valence-corrected chi connectivity index (χ3v) is 4.89. The standard InChI is InChI=1S/C18H18ClNO3S/c19-15-6-2-1-5-13(15)11-24-12-18(21)20-9-14-10-22-16-7-3-4-8-17(16)23-14/h1-8,14H,9-12H2,(H,20,21)/t14-/m1/s1. The maximum atomic E-state index is 11.9. The summed E-state index contributed by atoms with van der Waals surface area (Å²) >= 11 is 7.63. The van der Waals surface area contributed by atoms with Gasteiger partial charge in [-0.25, -0.2) is 0 Å². The molecule has 1 heterocycles. The van der Waals surface area contributed by atoms with Crippen molar-refractivity contribution in [2.24, 2.45) is 0 Å².